The molecule has 0 saturated carbocycles. The van der Waals surface area contributed by atoms with Crippen molar-refractivity contribution in [1.82, 2.24) is 0 Å². The van der Waals surface area contributed by atoms with Crippen LogP contribution in [0, 0.1) is 0 Å². The van der Waals surface area contributed by atoms with Crippen molar-refractivity contribution in [2.45, 2.75) is 39.2 Å². The number of unbranched alkanes of at least 4 members (excludes halogenated alkanes) is 1. The number of rotatable bonds is 6. The third kappa shape index (κ3) is 5.76. The van der Waals surface area contributed by atoms with Gasteiger partial charge in [-0.1, -0.05) is 13.3 Å². The lowest BCUT2D eigenvalue weighted by Gasteiger charge is -2.07. The average molecular weight is 144 g/mol. The first-order chi connectivity index (χ1) is 4.81. The van der Waals surface area contributed by atoms with Gasteiger partial charge in [-0.15, -0.1) is 0 Å². The smallest absolute Gasteiger partial charge is 0.122 e. The van der Waals surface area contributed by atoms with Gasteiger partial charge in [0.15, 0.2) is 0 Å². The summed E-state index contributed by atoms with van der Waals surface area (Å²) in [7, 11) is 0. The second kappa shape index (κ2) is 6.75. The van der Waals surface area contributed by atoms with Gasteiger partial charge in [-0.2, -0.15) is 0 Å². The molecule has 0 aromatic carbocycles. The number of aldehydes is 1. The van der Waals surface area contributed by atoms with Crippen molar-refractivity contribution in [2.75, 3.05) is 6.61 Å². The Morgan fingerprint density at radius 1 is 1.60 bits per heavy atom. The number of carbonyl (C=O) groups excluding carboxylic acids is 1. The van der Waals surface area contributed by atoms with E-state index in [1.807, 2.05) is 6.92 Å². The van der Waals surface area contributed by atoms with Gasteiger partial charge < -0.3 is 9.53 Å². The van der Waals surface area contributed by atoms with Crippen LogP contribution in [-0.2, 0) is 9.53 Å². The minimum atomic E-state index is 0.101. The zero-order chi connectivity index (χ0) is 7.82. The maximum absolute atomic E-state index is 9.97. The highest BCUT2D eigenvalue weighted by Crippen LogP contribution is 1.96. The van der Waals surface area contributed by atoms with Crippen LogP contribution in [0.3, 0.4) is 0 Å². The van der Waals surface area contributed by atoms with Gasteiger partial charge in [-0.05, 0) is 13.3 Å². The standard InChI is InChI=1S/C8H16O2/c1-3-4-7-10-8(2)5-6-9/h6,8H,3-5,7H2,1-2H3. The molecule has 0 aliphatic carbocycles. The van der Waals surface area contributed by atoms with Gasteiger partial charge in [0.2, 0.25) is 0 Å². The summed E-state index contributed by atoms with van der Waals surface area (Å²) in [4.78, 5) is 9.97. The summed E-state index contributed by atoms with van der Waals surface area (Å²) in [5, 5.41) is 0. The van der Waals surface area contributed by atoms with E-state index in [2.05, 4.69) is 6.92 Å². The zero-order valence-corrected chi connectivity index (χ0v) is 6.80. The second-order valence-corrected chi connectivity index (χ2v) is 2.44. The number of ether oxygens (including phenoxy) is 1. The van der Waals surface area contributed by atoms with Crippen LogP contribution in [0.1, 0.15) is 33.1 Å². The Morgan fingerprint density at radius 2 is 2.30 bits per heavy atom. The molecule has 0 rings (SSSR count). The van der Waals surface area contributed by atoms with Crippen molar-refractivity contribution in [3.8, 4) is 0 Å². The highest BCUT2D eigenvalue weighted by molar-refractivity contribution is 5.49. The monoisotopic (exact) mass is 144 g/mol. The van der Waals surface area contributed by atoms with Crippen molar-refractivity contribution in [1.29, 1.82) is 0 Å². The van der Waals surface area contributed by atoms with Crippen molar-refractivity contribution in [2.24, 2.45) is 0 Å². The predicted molar refractivity (Wildman–Crippen MR) is 41.0 cm³/mol. The lowest BCUT2D eigenvalue weighted by Crippen LogP contribution is -2.09. The van der Waals surface area contributed by atoms with Crippen LogP contribution in [0.15, 0.2) is 0 Å². The molecule has 0 aromatic rings. The van der Waals surface area contributed by atoms with E-state index < -0.39 is 0 Å². The van der Waals surface area contributed by atoms with Crippen molar-refractivity contribution < 1.29 is 9.53 Å². The van der Waals surface area contributed by atoms with Gasteiger partial charge in [-0.25, -0.2) is 0 Å². The molecule has 0 aliphatic rings. The van der Waals surface area contributed by atoms with Crippen LogP contribution in [0.4, 0.5) is 0 Å². The number of hydrogen-bond acceptors (Lipinski definition) is 2. The number of hydrogen-bond donors (Lipinski definition) is 0. The van der Waals surface area contributed by atoms with Gasteiger partial charge in [-0.3, -0.25) is 0 Å². The third-order valence-electron chi connectivity index (χ3n) is 1.33. The summed E-state index contributed by atoms with van der Waals surface area (Å²) in [5.74, 6) is 0. The van der Waals surface area contributed by atoms with Crippen LogP contribution < -0.4 is 0 Å². The summed E-state index contributed by atoms with van der Waals surface area (Å²) >= 11 is 0. The lowest BCUT2D eigenvalue weighted by atomic mass is 10.3. The van der Waals surface area contributed by atoms with Crippen molar-refractivity contribution in [3.63, 3.8) is 0 Å². The Kier molecular flexibility index (Phi) is 6.50. The van der Waals surface area contributed by atoms with Crippen LogP contribution in [0.25, 0.3) is 0 Å². The normalized spacial score (nSPS) is 13.0. The molecule has 2 nitrogen and oxygen atoms in total. The third-order valence-corrected chi connectivity index (χ3v) is 1.33. The average Bonchev–Trinajstić information content (AvgIpc) is 1.89. The Labute approximate surface area is 62.6 Å². The van der Waals surface area contributed by atoms with Gasteiger partial charge in [0.1, 0.15) is 6.29 Å². The molecule has 0 fully saturated rings. The van der Waals surface area contributed by atoms with Crippen LogP contribution >= 0.6 is 0 Å². The minimum Gasteiger partial charge on any atom is -0.378 e. The molecular formula is C8H16O2. The van der Waals surface area contributed by atoms with E-state index in [9.17, 15) is 4.79 Å². The van der Waals surface area contributed by atoms with Gasteiger partial charge in [0.25, 0.3) is 0 Å². The molecular weight excluding hydrogens is 128 g/mol. The SMILES string of the molecule is CCCCOC(C)CC=O. The summed E-state index contributed by atoms with van der Waals surface area (Å²) < 4.78 is 5.29. The quantitative estimate of drug-likeness (QED) is 0.419. The molecule has 1 atom stereocenters. The largest absolute Gasteiger partial charge is 0.378 e. The Hall–Kier alpha value is -0.370. The predicted octanol–water partition coefficient (Wildman–Crippen LogP) is 1.78. The van der Waals surface area contributed by atoms with E-state index >= 15 is 0 Å². The van der Waals surface area contributed by atoms with E-state index in [-0.39, 0.29) is 6.10 Å². The first kappa shape index (κ1) is 9.63. The molecule has 0 radical (unpaired) electrons. The Balaban J connectivity index is 3.04. The molecule has 10 heavy (non-hydrogen) atoms. The number of carbonyl (C=O) groups is 1. The topological polar surface area (TPSA) is 26.3 Å². The molecule has 0 N–H and O–H groups in total. The molecule has 0 aliphatic heterocycles. The summed E-state index contributed by atoms with van der Waals surface area (Å²) in [5.41, 5.74) is 0. The van der Waals surface area contributed by atoms with E-state index in [0.717, 1.165) is 25.7 Å². The fourth-order valence-electron chi connectivity index (χ4n) is 0.632. The van der Waals surface area contributed by atoms with E-state index in [1.54, 1.807) is 0 Å². The molecule has 0 heterocycles. The molecule has 2 heteroatoms. The van der Waals surface area contributed by atoms with Gasteiger partial charge >= 0.3 is 0 Å². The van der Waals surface area contributed by atoms with Crippen LogP contribution in [0.2, 0.25) is 0 Å². The molecule has 1 unspecified atom stereocenters. The summed E-state index contributed by atoms with van der Waals surface area (Å²) in [6.07, 6.45) is 3.75. The first-order valence-corrected chi connectivity index (χ1v) is 3.86. The van der Waals surface area contributed by atoms with E-state index in [1.165, 1.54) is 0 Å². The molecule has 60 valence electrons. The van der Waals surface area contributed by atoms with Crippen LogP contribution in [-0.4, -0.2) is 19.0 Å². The van der Waals surface area contributed by atoms with Crippen LogP contribution in [0.5, 0.6) is 0 Å². The Morgan fingerprint density at radius 3 is 2.80 bits per heavy atom. The molecule has 0 bridgehead atoms. The highest BCUT2D eigenvalue weighted by atomic mass is 16.5. The minimum absolute atomic E-state index is 0.101. The highest BCUT2D eigenvalue weighted by Gasteiger charge is 1.98. The lowest BCUT2D eigenvalue weighted by molar-refractivity contribution is -0.110. The molecule has 0 amide bonds. The molecule has 0 saturated heterocycles. The molecule has 0 spiro atoms. The summed E-state index contributed by atoms with van der Waals surface area (Å²) in [6, 6.07) is 0. The maximum Gasteiger partial charge on any atom is 0.122 e. The Bertz CT molecular complexity index is 81.3. The zero-order valence-electron chi connectivity index (χ0n) is 6.80. The summed E-state index contributed by atoms with van der Waals surface area (Å²) in [6.45, 7) is 4.82. The molecule has 0 aromatic heterocycles. The fourth-order valence-corrected chi connectivity index (χ4v) is 0.632. The maximum atomic E-state index is 9.97. The fraction of sp³-hybridized carbons (Fsp3) is 0.875. The second-order valence-electron chi connectivity index (χ2n) is 2.44. The van der Waals surface area contributed by atoms with Crippen molar-refractivity contribution in [3.05, 3.63) is 0 Å². The van der Waals surface area contributed by atoms with Gasteiger partial charge in [0, 0.05) is 13.0 Å². The van der Waals surface area contributed by atoms with Crippen molar-refractivity contribution >= 4 is 6.29 Å². The van der Waals surface area contributed by atoms with E-state index in [0.29, 0.717) is 6.42 Å². The first-order valence-electron chi connectivity index (χ1n) is 3.86. The van der Waals surface area contributed by atoms with E-state index in [4.69, 9.17) is 4.74 Å². The van der Waals surface area contributed by atoms with Gasteiger partial charge in [0.05, 0.1) is 6.10 Å².